The molecule has 2 saturated heterocycles. The number of carbonyl (C=O) groups is 1. The molecule has 2 N–H and O–H groups in total. The van der Waals surface area contributed by atoms with Gasteiger partial charge in [0.05, 0.1) is 0 Å². The van der Waals surface area contributed by atoms with Gasteiger partial charge in [-0.15, -0.1) is 0 Å². The molecule has 6 aromatic rings. The molecule has 0 aliphatic carbocycles. The average molecular weight is 697 g/mol. The van der Waals surface area contributed by atoms with Gasteiger partial charge in [0.25, 0.3) is 0 Å². The molecule has 2 aliphatic heterocycles. The molecular formula is C37H40BF3N8O2. The first kappa shape index (κ1) is 35.9. The average Bonchev–Trinajstić information content (AvgIpc) is 3.76. The molecule has 2 aromatic carbocycles. The van der Waals surface area contributed by atoms with Crippen molar-refractivity contribution in [3.63, 3.8) is 0 Å². The third-order valence-electron chi connectivity index (χ3n) is 9.16. The predicted octanol–water partition coefficient (Wildman–Crippen LogP) is 6.62. The van der Waals surface area contributed by atoms with E-state index in [1.165, 1.54) is 0 Å². The Morgan fingerprint density at radius 3 is 1.57 bits per heavy atom. The quantitative estimate of drug-likeness (QED) is 0.153. The first-order valence-electron chi connectivity index (χ1n) is 17.2. The van der Waals surface area contributed by atoms with Crippen LogP contribution in [-0.4, -0.2) is 84.6 Å². The number of aldehydes is 1. The fourth-order valence-electron chi connectivity index (χ4n) is 6.72. The topological polar surface area (TPSA) is 114 Å². The number of aromatic nitrogens is 6. The third-order valence-corrected chi connectivity index (χ3v) is 9.16. The molecule has 4 aromatic heterocycles. The van der Waals surface area contributed by atoms with Crippen LogP contribution in [0.2, 0.25) is 6.82 Å². The Morgan fingerprint density at radius 1 is 0.725 bits per heavy atom. The summed E-state index contributed by atoms with van der Waals surface area (Å²) in [5.74, 6) is 2.02. The van der Waals surface area contributed by atoms with Crippen LogP contribution in [0.1, 0.15) is 37.8 Å². The fraction of sp³-hybridized carbons (Fsp3) is 0.324. The number of nitrogens with zero attached hydrogens (tertiary/aromatic N) is 7. The maximum Gasteiger partial charge on any atom is 0.446 e. The number of piperidine rings is 2. The Bertz CT molecular complexity index is 2010. The van der Waals surface area contributed by atoms with Gasteiger partial charge in [0.15, 0.2) is 11.3 Å². The summed E-state index contributed by atoms with van der Waals surface area (Å²) in [6.07, 6.45) is 2.23. The van der Waals surface area contributed by atoms with Crippen molar-refractivity contribution < 1.29 is 23.0 Å². The number of pyridine rings is 2. The number of carbonyl (C=O) groups excluding carboxylic acids is 1. The second-order valence-electron chi connectivity index (χ2n) is 12.6. The monoisotopic (exact) mass is 696 g/mol. The fourth-order valence-corrected chi connectivity index (χ4v) is 6.72. The summed E-state index contributed by atoms with van der Waals surface area (Å²) in [6.45, 7) is 5.74. The molecule has 0 radical (unpaired) electrons. The van der Waals surface area contributed by atoms with Gasteiger partial charge >= 0.3 is 13.2 Å². The van der Waals surface area contributed by atoms with Crippen LogP contribution in [0.3, 0.4) is 0 Å². The minimum atomic E-state index is -4.64. The van der Waals surface area contributed by atoms with Crippen LogP contribution in [-0.2, 0) is 4.79 Å². The molecule has 0 atom stereocenters. The van der Waals surface area contributed by atoms with Crippen LogP contribution < -0.4 is 5.32 Å². The number of nitrogens with one attached hydrogen (secondary N) is 1. The van der Waals surface area contributed by atoms with Crippen molar-refractivity contribution >= 4 is 35.7 Å². The summed E-state index contributed by atoms with van der Waals surface area (Å²) in [5, 5.41) is 13.2. The standard InChI is InChI=1S/C18H21BN4O.C17H18N4.C2HF3O/c1-19(24)22-12-9-15(10-13-22)23-17(14-6-3-2-4-7-14)21-16-8-5-11-20-18(16)23;1-2-5-13(6-3-1)16-20-15-7-4-10-19-17(15)21(16)14-8-11-18-12-9-14;3-2(4,5)1-6/h2-8,11,15,24H,9-10,12-13H2,1H3;1-7,10,14,18H,8-9,11-12H2;1H. The van der Waals surface area contributed by atoms with Gasteiger partial charge in [0.1, 0.15) is 22.7 Å². The largest absolute Gasteiger partial charge is 0.446 e. The zero-order valence-corrected chi connectivity index (χ0v) is 28.3. The minimum absolute atomic E-state index is 0.357. The second-order valence-corrected chi connectivity index (χ2v) is 12.6. The molecule has 0 spiro atoms. The molecule has 51 heavy (non-hydrogen) atoms. The molecule has 14 heteroatoms. The normalized spacial score (nSPS) is 15.9. The smallest absolute Gasteiger partial charge is 0.437 e. The SMILES string of the molecule is CB(O)N1CCC(n2c(-c3ccccc3)nc3cccnc32)CC1.O=CC(F)(F)F.c1ccc(-c2nc3cccnc3n2C2CCNCC2)cc1. The zero-order chi connectivity index (χ0) is 35.8. The number of hydrogen-bond acceptors (Lipinski definition) is 8. The highest BCUT2D eigenvalue weighted by Gasteiger charge is 2.28. The Hall–Kier alpha value is -4.92. The second kappa shape index (κ2) is 16.4. The maximum absolute atomic E-state index is 10.4. The Labute approximate surface area is 294 Å². The van der Waals surface area contributed by atoms with E-state index in [-0.39, 0.29) is 7.05 Å². The Balaban J connectivity index is 0.000000153. The third kappa shape index (κ3) is 8.70. The van der Waals surface area contributed by atoms with E-state index in [1.54, 1.807) is 0 Å². The molecule has 10 nitrogen and oxygen atoms in total. The minimum Gasteiger partial charge on any atom is -0.437 e. The van der Waals surface area contributed by atoms with Crippen LogP contribution in [0.4, 0.5) is 13.2 Å². The van der Waals surface area contributed by atoms with E-state index < -0.39 is 12.5 Å². The molecule has 2 fully saturated rings. The van der Waals surface area contributed by atoms with Crippen LogP contribution in [0.5, 0.6) is 0 Å². The van der Waals surface area contributed by atoms with E-state index in [9.17, 15) is 18.2 Å². The van der Waals surface area contributed by atoms with E-state index in [1.807, 2.05) is 67.7 Å². The van der Waals surface area contributed by atoms with Gasteiger partial charge in [-0.05, 0) is 83.0 Å². The van der Waals surface area contributed by atoms with E-state index in [2.05, 4.69) is 65.6 Å². The van der Waals surface area contributed by atoms with Gasteiger partial charge in [-0.1, -0.05) is 60.7 Å². The lowest BCUT2D eigenvalue weighted by Crippen LogP contribution is -2.43. The van der Waals surface area contributed by atoms with Crippen molar-refractivity contribution in [3.8, 4) is 22.8 Å². The molecule has 8 rings (SSSR count). The number of rotatable bonds is 5. The van der Waals surface area contributed by atoms with Crippen molar-refractivity contribution in [2.75, 3.05) is 26.2 Å². The molecule has 2 aliphatic rings. The predicted molar refractivity (Wildman–Crippen MR) is 193 cm³/mol. The first-order valence-corrected chi connectivity index (χ1v) is 17.2. The van der Waals surface area contributed by atoms with Crippen molar-refractivity contribution in [2.45, 2.75) is 50.8 Å². The number of hydrogen-bond donors (Lipinski definition) is 2. The molecule has 0 amide bonds. The van der Waals surface area contributed by atoms with Crippen molar-refractivity contribution in [1.82, 2.24) is 39.2 Å². The lowest BCUT2D eigenvalue weighted by atomic mass is 9.82. The number of benzene rings is 2. The molecular weight excluding hydrogens is 656 g/mol. The van der Waals surface area contributed by atoms with Crippen LogP contribution in [0.25, 0.3) is 45.1 Å². The molecule has 0 saturated carbocycles. The molecule has 264 valence electrons. The molecule has 6 heterocycles. The van der Waals surface area contributed by atoms with Gasteiger partial charge in [-0.2, -0.15) is 13.2 Å². The summed E-state index contributed by atoms with van der Waals surface area (Å²) >= 11 is 0. The maximum atomic E-state index is 10.4. The highest BCUT2D eigenvalue weighted by atomic mass is 19.4. The number of imidazole rings is 2. The Kier molecular flexibility index (Phi) is 11.5. The zero-order valence-electron chi connectivity index (χ0n) is 28.3. The summed E-state index contributed by atoms with van der Waals surface area (Å²) in [4.78, 5) is 29.7. The van der Waals surface area contributed by atoms with Gasteiger partial charge in [-0.25, -0.2) is 19.9 Å². The van der Waals surface area contributed by atoms with Crippen LogP contribution in [0.15, 0.2) is 97.3 Å². The van der Waals surface area contributed by atoms with Crippen LogP contribution >= 0.6 is 0 Å². The lowest BCUT2D eigenvalue weighted by molar-refractivity contribution is -0.156. The first-order chi connectivity index (χ1) is 24.7. The van der Waals surface area contributed by atoms with Crippen molar-refractivity contribution in [2.24, 2.45) is 0 Å². The summed E-state index contributed by atoms with van der Waals surface area (Å²) in [7, 11) is -0.378. The van der Waals surface area contributed by atoms with Gasteiger partial charge in [0.2, 0.25) is 6.29 Å². The highest BCUT2D eigenvalue weighted by molar-refractivity contribution is 6.45. The van der Waals surface area contributed by atoms with Gasteiger partial charge < -0.3 is 24.3 Å². The summed E-state index contributed by atoms with van der Waals surface area (Å²) in [6, 6.07) is 29.5. The van der Waals surface area contributed by atoms with E-state index >= 15 is 0 Å². The van der Waals surface area contributed by atoms with E-state index in [0.717, 1.165) is 97.0 Å². The lowest BCUT2D eigenvalue weighted by Gasteiger charge is -2.34. The van der Waals surface area contributed by atoms with Gasteiger partial charge in [0, 0.05) is 35.6 Å². The van der Waals surface area contributed by atoms with Crippen LogP contribution in [0, 0.1) is 0 Å². The highest BCUT2D eigenvalue weighted by Crippen LogP contribution is 2.33. The number of alkyl halides is 3. The van der Waals surface area contributed by atoms with E-state index in [4.69, 9.17) is 14.8 Å². The summed E-state index contributed by atoms with van der Waals surface area (Å²) < 4.78 is 35.9. The molecule has 0 bridgehead atoms. The number of halogens is 3. The summed E-state index contributed by atoms with van der Waals surface area (Å²) in [5.41, 5.74) is 6.15. The number of fused-ring (bicyclic) bond motifs is 2. The Morgan fingerprint density at radius 2 is 1.16 bits per heavy atom. The van der Waals surface area contributed by atoms with Crippen molar-refractivity contribution in [3.05, 3.63) is 97.3 Å². The molecule has 0 unspecified atom stereocenters. The van der Waals surface area contributed by atoms with E-state index in [0.29, 0.717) is 12.1 Å². The van der Waals surface area contributed by atoms with Crippen molar-refractivity contribution in [1.29, 1.82) is 0 Å². The van der Waals surface area contributed by atoms with Gasteiger partial charge in [-0.3, -0.25) is 4.79 Å².